The quantitative estimate of drug-likeness (QED) is 0.187. The van der Waals surface area contributed by atoms with Gasteiger partial charge in [0.05, 0.1) is 0 Å². The van der Waals surface area contributed by atoms with Crippen LogP contribution < -0.4 is 36.6 Å². The van der Waals surface area contributed by atoms with Crippen LogP contribution in [0.15, 0.2) is 158 Å². The summed E-state index contributed by atoms with van der Waals surface area (Å²) in [5, 5.41) is 9.44. The van der Waals surface area contributed by atoms with Crippen molar-refractivity contribution in [3.05, 3.63) is 169 Å². The summed E-state index contributed by atoms with van der Waals surface area (Å²) in [7, 11) is 0. The van der Waals surface area contributed by atoms with Gasteiger partial charge >= 0.3 is 256 Å². The van der Waals surface area contributed by atoms with Gasteiger partial charge in [-0.3, -0.25) is 0 Å². The molecule has 0 amide bonds. The Hall–Kier alpha value is -3.59. The Labute approximate surface area is 255 Å². The first-order chi connectivity index (χ1) is 21.1. The molecule has 1 spiro atoms. The Morgan fingerprint density at radius 2 is 0.744 bits per heavy atom. The molecule has 0 atom stereocenters. The van der Waals surface area contributed by atoms with E-state index in [0.717, 1.165) is 23.8 Å². The second kappa shape index (κ2) is 8.97. The number of hydrogen-bond donors (Lipinski definition) is 0. The molecule has 6 aromatic rings. The Morgan fingerprint density at radius 3 is 1.07 bits per heavy atom. The van der Waals surface area contributed by atoms with Gasteiger partial charge in [-0.15, -0.1) is 0 Å². The van der Waals surface area contributed by atoms with E-state index >= 15 is 0 Å². The van der Waals surface area contributed by atoms with Crippen LogP contribution in [0.4, 0.5) is 0 Å². The van der Waals surface area contributed by atoms with Gasteiger partial charge in [-0.05, 0) is 0 Å². The zero-order valence-corrected chi connectivity index (χ0v) is 27.2. The predicted molar refractivity (Wildman–Crippen MR) is 193 cm³/mol. The molecule has 9 rings (SSSR count). The van der Waals surface area contributed by atoms with Crippen molar-refractivity contribution in [2.75, 3.05) is 6.66 Å². The van der Waals surface area contributed by atoms with Crippen molar-refractivity contribution in [1.29, 1.82) is 0 Å². The Kier molecular flexibility index (Phi) is 5.40. The van der Waals surface area contributed by atoms with Crippen molar-refractivity contribution in [1.82, 2.24) is 0 Å². The molecule has 0 unspecified atom stereocenters. The maximum absolute atomic E-state index is 7.03. The van der Waals surface area contributed by atoms with Crippen LogP contribution in [0.2, 0.25) is 0 Å². The first-order valence-electron chi connectivity index (χ1n) is 15.3. The maximum atomic E-state index is 7.03. The van der Waals surface area contributed by atoms with E-state index in [0.29, 0.717) is 0 Å². The number of rotatable bonds is 4. The number of benzene rings is 6. The fourth-order valence-corrected chi connectivity index (χ4v) is 59.8. The van der Waals surface area contributed by atoms with E-state index in [1.165, 1.54) is 11.1 Å². The average Bonchev–Trinajstić information content (AvgIpc) is 3.49. The Balaban J connectivity index is 1.62. The van der Waals surface area contributed by atoms with Gasteiger partial charge in [0.15, 0.2) is 0 Å². The second-order valence-corrected chi connectivity index (χ2v) is 35.8. The van der Waals surface area contributed by atoms with Crippen molar-refractivity contribution in [3.8, 4) is 11.5 Å². The number of ether oxygens (including phenoxy) is 1. The van der Waals surface area contributed by atoms with Crippen molar-refractivity contribution < 1.29 is 4.74 Å². The van der Waals surface area contributed by atoms with Crippen LogP contribution in [-0.4, -0.2) is 6.66 Å². The summed E-state index contributed by atoms with van der Waals surface area (Å²) >= 11 is 0. The average molecular weight is 613 g/mol. The Bertz CT molecular complexity index is 1800. The van der Waals surface area contributed by atoms with Crippen molar-refractivity contribution >= 4 is 51.7 Å². The normalized spacial score (nSPS) is 21.2. The minimum absolute atomic E-state index is 1.10. The summed E-state index contributed by atoms with van der Waals surface area (Å²) in [4.78, 5) is 0. The molecule has 0 fully saturated rings. The summed E-state index contributed by atoms with van der Waals surface area (Å²) in [6, 6.07) is 61.0. The molecule has 0 aromatic heterocycles. The molecular weight excluding hydrogens is 577 g/mol. The van der Waals surface area contributed by atoms with Gasteiger partial charge in [-0.25, -0.2) is 0 Å². The summed E-state index contributed by atoms with van der Waals surface area (Å²) in [6.07, 6.45) is 2.20. The van der Waals surface area contributed by atoms with Crippen LogP contribution in [0.3, 0.4) is 0 Å². The molecule has 6 aromatic carbocycles. The van der Waals surface area contributed by atoms with Gasteiger partial charge in [0, 0.05) is 0 Å². The van der Waals surface area contributed by atoms with E-state index in [9.17, 15) is 0 Å². The van der Waals surface area contributed by atoms with E-state index in [2.05, 4.69) is 164 Å². The van der Waals surface area contributed by atoms with E-state index < -0.39 is 19.9 Å². The summed E-state index contributed by atoms with van der Waals surface area (Å²) in [5.74, 6) is -1.01. The third kappa shape index (κ3) is 2.82. The molecule has 212 valence electrons. The first kappa shape index (κ1) is 25.9. The standard InChI is InChI=1S/C39H35OP3/c1-43-38-30(28-41(43,32-18-6-2-7-19-32)33-20-8-3-9-21-33)16-14-26-36(38)40-37-27-15-17-31(39(37)43)29-42(43,34-22-10-4-11-23-34)35-24-12-5-13-25-35/h2-27,41-42H,28-29H2,1H3. The summed E-state index contributed by atoms with van der Waals surface area (Å²) in [5.41, 5.74) is 3.03. The molecule has 3 aliphatic heterocycles. The van der Waals surface area contributed by atoms with Crippen LogP contribution in [0, 0.1) is 0 Å². The van der Waals surface area contributed by atoms with E-state index in [4.69, 9.17) is 4.74 Å². The molecule has 0 N–H and O–H groups in total. The molecule has 0 saturated heterocycles. The molecule has 0 radical (unpaired) electrons. The van der Waals surface area contributed by atoms with Gasteiger partial charge in [-0.2, -0.15) is 0 Å². The van der Waals surface area contributed by atoms with Crippen LogP contribution in [0.25, 0.3) is 0 Å². The number of hydrogen-bond acceptors (Lipinski definition) is 1. The minimum atomic E-state index is -3.22. The molecule has 43 heavy (non-hydrogen) atoms. The first-order valence-corrected chi connectivity index (χ1v) is 24.1. The van der Waals surface area contributed by atoms with E-state index in [1.807, 2.05) is 0 Å². The molecule has 0 bridgehead atoms. The molecule has 4 heteroatoms. The third-order valence-electron chi connectivity index (χ3n) is 11.3. The van der Waals surface area contributed by atoms with Crippen molar-refractivity contribution in [3.63, 3.8) is 0 Å². The molecular formula is C39H35OP3. The zero-order chi connectivity index (χ0) is 28.7. The van der Waals surface area contributed by atoms with Crippen LogP contribution in [-0.2, 0) is 12.3 Å². The SMILES string of the molecule is CP123c4c(cccc4Oc4cccc(c41)C[PH]2(c1ccccc1)c1ccccc1)C[PH]3(c1ccccc1)c1ccccc1. The summed E-state index contributed by atoms with van der Waals surface area (Å²) in [6.45, 7) is -2.45. The van der Waals surface area contributed by atoms with Crippen LogP contribution >= 0.6 is 19.9 Å². The van der Waals surface area contributed by atoms with Gasteiger partial charge < -0.3 is 0 Å². The second-order valence-electron chi connectivity index (χ2n) is 12.7. The van der Waals surface area contributed by atoms with Gasteiger partial charge in [0.2, 0.25) is 0 Å². The monoisotopic (exact) mass is 612 g/mol. The van der Waals surface area contributed by atoms with Gasteiger partial charge in [0.1, 0.15) is 0 Å². The molecule has 1 nitrogen and oxygen atoms in total. The van der Waals surface area contributed by atoms with Crippen LogP contribution in [0.5, 0.6) is 11.5 Å². The molecule has 0 aliphatic carbocycles. The van der Waals surface area contributed by atoms with Crippen LogP contribution in [0.1, 0.15) is 11.1 Å². The zero-order valence-electron chi connectivity index (χ0n) is 24.3. The Morgan fingerprint density at radius 1 is 0.419 bits per heavy atom. The fraction of sp³-hybridized carbons (Fsp3) is 0.0769. The van der Waals surface area contributed by atoms with Gasteiger partial charge in [0.25, 0.3) is 0 Å². The predicted octanol–water partition coefficient (Wildman–Crippen LogP) is 7.59. The molecule has 3 heterocycles. The van der Waals surface area contributed by atoms with Crippen molar-refractivity contribution in [2.45, 2.75) is 12.3 Å². The van der Waals surface area contributed by atoms with Gasteiger partial charge in [-0.1, -0.05) is 0 Å². The third-order valence-corrected chi connectivity index (χ3v) is 50.4. The van der Waals surface area contributed by atoms with E-state index in [1.54, 1.807) is 31.8 Å². The fourth-order valence-electron chi connectivity index (χ4n) is 10.0. The molecule has 3 aliphatic rings. The topological polar surface area (TPSA) is 9.23 Å². The summed E-state index contributed by atoms with van der Waals surface area (Å²) < 4.78 is 7.03. The van der Waals surface area contributed by atoms with Crippen molar-refractivity contribution in [2.24, 2.45) is 0 Å². The van der Waals surface area contributed by atoms with E-state index in [-0.39, 0.29) is 0 Å². The molecule has 0 saturated carbocycles.